The van der Waals surface area contributed by atoms with E-state index in [1.807, 2.05) is 21.1 Å². The van der Waals surface area contributed by atoms with Gasteiger partial charge in [-0.15, -0.1) is 0 Å². The van der Waals surface area contributed by atoms with E-state index in [1.54, 1.807) is 0 Å². The van der Waals surface area contributed by atoms with Crippen LogP contribution in [0.1, 0.15) is 162 Å². The number of phosphoric ester groups is 1. The third-order valence-corrected chi connectivity index (χ3v) is 8.90. The van der Waals surface area contributed by atoms with Crippen LogP contribution in [-0.2, 0) is 27.9 Å². The van der Waals surface area contributed by atoms with E-state index >= 15 is 0 Å². The molecule has 0 aromatic carbocycles. The van der Waals surface area contributed by atoms with Gasteiger partial charge in [-0.3, -0.25) is 13.8 Å². The molecule has 0 amide bonds. The topological polar surface area (TPSA) is 91.3 Å². The highest BCUT2D eigenvalue weighted by atomic mass is 31.2. The van der Waals surface area contributed by atoms with Gasteiger partial charge in [0.05, 0.1) is 34.4 Å². The summed E-state index contributed by atoms with van der Waals surface area (Å²) in [7, 11) is 1.68. The van der Waals surface area contributed by atoms with Crippen LogP contribution < -0.4 is 0 Å². The van der Waals surface area contributed by atoms with Crippen LogP contribution in [0.25, 0.3) is 0 Å². The first-order valence-corrected chi connectivity index (χ1v) is 19.8. The van der Waals surface area contributed by atoms with Crippen molar-refractivity contribution >= 4 is 13.8 Å². The Morgan fingerprint density at radius 2 is 1.05 bits per heavy atom. The number of likely N-dealkylation sites (N-methyl/N-ethyl adjacent to an activating group) is 1. The first kappa shape index (κ1) is 43.5. The van der Waals surface area contributed by atoms with Crippen molar-refractivity contribution in [3.63, 3.8) is 0 Å². The van der Waals surface area contributed by atoms with E-state index in [4.69, 9.17) is 18.5 Å². The summed E-state index contributed by atoms with van der Waals surface area (Å²) in [5.74, 6) is -0.316. The molecule has 0 bridgehead atoms. The molecular formula is C35H73NO7P+. The Kier molecular flexibility index (Phi) is 29.5. The van der Waals surface area contributed by atoms with Crippen LogP contribution in [-0.4, -0.2) is 75.6 Å². The second-order valence-corrected chi connectivity index (χ2v) is 15.1. The predicted molar refractivity (Wildman–Crippen MR) is 183 cm³/mol. The largest absolute Gasteiger partial charge is 0.472 e. The molecule has 44 heavy (non-hydrogen) atoms. The molecule has 264 valence electrons. The molecule has 2 atom stereocenters. The molecule has 0 heterocycles. The first-order valence-electron chi connectivity index (χ1n) is 18.3. The second kappa shape index (κ2) is 29.9. The van der Waals surface area contributed by atoms with Crippen LogP contribution in [0.15, 0.2) is 0 Å². The van der Waals surface area contributed by atoms with Gasteiger partial charge in [0.2, 0.25) is 0 Å². The van der Waals surface area contributed by atoms with Gasteiger partial charge in [-0.1, -0.05) is 142 Å². The normalized spacial score (nSPS) is 14.0. The SMILES string of the molecule is CCCCCCCCCCCCCCCCOCC(COP(=O)(O)OCC[N+](C)(C)C)OC(=O)CCCCCCCCCC. The Hall–Kier alpha value is -0.500. The molecule has 0 fully saturated rings. The van der Waals surface area contributed by atoms with Crippen molar-refractivity contribution in [2.45, 2.75) is 168 Å². The number of hydrogen-bond acceptors (Lipinski definition) is 6. The molecule has 0 aliphatic carbocycles. The maximum atomic E-state index is 12.5. The highest BCUT2D eigenvalue weighted by Crippen LogP contribution is 2.43. The number of carbonyl (C=O) groups is 1. The molecule has 0 saturated heterocycles. The lowest BCUT2D eigenvalue weighted by Gasteiger charge is -2.24. The summed E-state index contributed by atoms with van der Waals surface area (Å²) in [5, 5.41) is 0. The molecule has 0 aliphatic rings. The van der Waals surface area contributed by atoms with Crippen molar-refractivity contribution in [1.29, 1.82) is 0 Å². The molecule has 1 N–H and O–H groups in total. The van der Waals surface area contributed by atoms with Crippen LogP contribution in [0, 0.1) is 0 Å². The number of unbranched alkanes of at least 4 members (excludes halogenated alkanes) is 20. The number of carbonyl (C=O) groups excluding carboxylic acids is 1. The third kappa shape index (κ3) is 32.9. The van der Waals surface area contributed by atoms with Gasteiger partial charge in [0, 0.05) is 13.0 Å². The summed E-state index contributed by atoms with van der Waals surface area (Å²) in [4.78, 5) is 22.6. The Morgan fingerprint density at radius 1 is 0.614 bits per heavy atom. The highest BCUT2D eigenvalue weighted by Gasteiger charge is 2.26. The number of hydrogen-bond donors (Lipinski definition) is 1. The number of ether oxygens (including phenoxy) is 2. The number of quaternary nitrogens is 1. The molecular weight excluding hydrogens is 577 g/mol. The summed E-state index contributed by atoms with van der Waals surface area (Å²) >= 11 is 0. The van der Waals surface area contributed by atoms with Gasteiger partial charge in [-0.25, -0.2) is 4.57 Å². The monoisotopic (exact) mass is 651 g/mol. The zero-order valence-electron chi connectivity index (χ0n) is 29.7. The van der Waals surface area contributed by atoms with Gasteiger partial charge in [-0.05, 0) is 12.8 Å². The number of nitrogens with zero attached hydrogens (tertiary/aromatic N) is 1. The summed E-state index contributed by atoms with van der Waals surface area (Å²) in [6, 6.07) is 0. The third-order valence-electron chi connectivity index (χ3n) is 7.92. The van der Waals surface area contributed by atoms with E-state index in [-0.39, 0.29) is 25.8 Å². The van der Waals surface area contributed by atoms with Crippen molar-refractivity contribution in [1.82, 2.24) is 0 Å². The van der Waals surface area contributed by atoms with Crippen molar-refractivity contribution in [3.05, 3.63) is 0 Å². The fourth-order valence-electron chi connectivity index (χ4n) is 5.02. The summed E-state index contributed by atoms with van der Waals surface area (Å²) < 4.78 is 34.7. The zero-order valence-corrected chi connectivity index (χ0v) is 30.6. The quantitative estimate of drug-likeness (QED) is 0.0321. The van der Waals surface area contributed by atoms with Crippen molar-refractivity contribution in [2.75, 3.05) is 54.1 Å². The average Bonchev–Trinajstić information content (AvgIpc) is 2.96. The van der Waals surface area contributed by atoms with E-state index in [0.717, 1.165) is 32.1 Å². The first-order chi connectivity index (χ1) is 21.1. The van der Waals surface area contributed by atoms with Gasteiger partial charge in [0.1, 0.15) is 19.3 Å². The van der Waals surface area contributed by atoms with E-state index in [0.29, 0.717) is 24.1 Å². The predicted octanol–water partition coefficient (Wildman–Crippen LogP) is 9.77. The molecule has 0 rings (SSSR count). The Morgan fingerprint density at radius 3 is 1.50 bits per heavy atom. The molecule has 2 unspecified atom stereocenters. The lowest BCUT2D eigenvalue weighted by Crippen LogP contribution is -2.37. The minimum Gasteiger partial charge on any atom is -0.457 e. The zero-order chi connectivity index (χ0) is 32.8. The van der Waals surface area contributed by atoms with Gasteiger partial charge in [-0.2, -0.15) is 0 Å². The van der Waals surface area contributed by atoms with Gasteiger partial charge >= 0.3 is 13.8 Å². The second-order valence-electron chi connectivity index (χ2n) is 13.6. The number of phosphoric acid groups is 1. The fraction of sp³-hybridized carbons (Fsp3) is 0.971. The number of rotatable bonds is 34. The average molecular weight is 651 g/mol. The Bertz CT molecular complexity index is 686. The van der Waals surface area contributed by atoms with Crippen LogP contribution in [0.3, 0.4) is 0 Å². The highest BCUT2D eigenvalue weighted by molar-refractivity contribution is 7.47. The van der Waals surface area contributed by atoms with Crippen LogP contribution in [0.4, 0.5) is 0 Å². The standard InChI is InChI=1S/C35H72NO7P/c1-6-8-10-12-14-16-17-18-19-20-21-23-25-27-30-40-32-34(33-42-44(38,39)41-31-29-36(3,4)5)43-35(37)28-26-24-22-15-13-11-9-7-2/h34H,6-33H2,1-5H3/p+1. The minimum atomic E-state index is -4.25. The lowest BCUT2D eigenvalue weighted by molar-refractivity contribution is -0.870. The minimum absolute atomic E-state index is 0.0931. The maximum Gasteiger partial charge on any atom is 0.472 e. The summed E-state index contributed by atoms with van der Waals surface area (Å²) in [6.45, 7) is 5.61. The molecule has 0 radical (unpaired) electrons. The van der Waals surface area contributed by atoms with Crippen LogP contribution in [0.2, 0.25) is 0 Å². The van der Waals surface area contributed by atoms with E-state index in [2.05, 4.69) is 13.8 Å². The molecule has 0 aliphatic heterocycles. The molecule has 0 aromatic heterocycles. The molecule has 0 spiro atoms. The van der Waals surface area contributed by atoms with E-state index in [1.165, 1.54) is 109 Å². The van der Waals surface area contributed by atoms with Crippen LogP contribution in [0.5, 0.6) is 0 Å². The molecule has 0 aromatic rings. The van der Waals surface area contributed by atoms with Gasteiger partial charge in [0.25, 0.3) is 0 Å². The van der Waals surface area contributed by atoms with Crippen LogP contribution >= 0.6 is 7.82 Å². The van der Waals surface area contributed by atoms with Gasteiger partial charge < -0.3 is 18.9 Å². The van der Waals surface area contributed by atoms with Gasteiger partial charge in [0.15, 0.2) is 0 Å². The lowest BCUT2D eigenvalue weighted by atomic mass is 10.0. The molecule has 9 heteroatoms. The Labute approximate surface area is 272 Å². The summed E-state index contributed by atoms with van der Waals surface area (Å²) in [5.41, 5.74) is 0. The summed E-state index contributed by atoms with van der Waals surface area (Å²) in [6.07, 6.45) is 27.0. The smallest absolute Gasteiger partial charge is 0.457 e. The Balaban J connectivity index is 4.24. The molecule has 8 nitrogen and oxygen atoms in total. The fourth-order valence-corrected chi connectivity index (χ4v) is 5.76. The number of esters is 1. The maximum absolute atomic E-state index is 12.5. The molecule has 0 saturated carbocycles. The van der Waals surface area contributed by atoms with E-state index < -0.39 is 13.9 Å². The van der Waals surface area contributed by atoms with Crippen molar-refractivity contribution in [2.24, 2.45) is 0 Å². The van der Waals surface area contributed by atoms with E-state index in [9.17, 15) is 14.3 Å². The van der Waals surface area contributed by atoms with Crippen molar-refractivity contribution in [3.8, 4) is 0 Å². The van der Waals surface area contributed by atoms with Crippen molar-refractivity contribution < 1.29 is 37.3 Å².